The number of rotatable bonds is 7. The van der Waals surface area contributed by atoms with Gasteiger partial charge in [0.15, 0.2) is 10.9 Å². The smallest absolute Gasteiger partial charge is 0.322 e. The van der Waals surface area contributed by atoms with E-state index in [2.05, 4.69) is 20.3 Å². The number of halogens is 6. The molecule has 2 aromatic carbocycles. The Morgan fingerprint density at radius 1 is 1.03 bits per heavy atom. The molecule has 16 heteroatoms. The summed E-state index contributed by atoms with van der Waals surface area (Å²) < 4.78 is 91.9. The van der Waals surface area contributed by atoms with E-state index in [-0.39, 0.29) is 32.8 Å². The summed E-state index contributed by atoms with van der Waals surface area (Å²) in [5.41, 5.74) is -0.193. The van der Waals surface area contributed by atoms with Crippen LogP contribution in [0.2, 0.25) is 5.28 Å². The average molecular weight is 590 g/mol. The van der Waals surface area contributed by atoms with Gasteiger partial charge in [-0.25, -0.2) is 32.2 Å². The summed E-state index contributed by atoms with van der Waals surface area (Å²) in [5, 5.41) is 1.81. The Bertz CT molecular complexity index is 1610. The lowest BCUT2D eigenvalue weighted by Gasteiger charge is -2.09. The van der Waals surface area contributed by atoms with Gasteiger partial charge in [-0.3, -0.25) is 9.52 Å². The number of benzene rings is 2. The molecule has 2 aromatic heterocycles. The van der Waals surface area contributed by atoms with Crippen molar-refractivity contribution in [2.24, 2.45) is 0 Å². The van der Waals surface area contributed by atoms with Gasteiger partial charge in [0.1, 0.15) is 17.2 Å². The molecule has 0 aliphatic heterocycles. The van der Waals surface area contributed by atoms with Gasteiger partial charge in [0, 0.05) is 17.4 Å². The number of sulfonamides is 1. The van der Waals surface area contributed by atoms with Crippen molar-refractivity contribution in [3.05, 3.63) is 77.2 Å². The number of hydrogen-bond acceptors (Lipinski definition) is 7. The molecule has 0 radical (unpaired) electrons. The summed E-state index contributed by atoms with van der Waals surface area (Å²) >= 11 is 6.55. The fourth-order valence-corrected chi connectivity index (χ4v) is 5.55. The van der Waals surface area contributed by atoms with E-state index in [1.807, 2.05) is 0 Å². The van der Waals surface area contributed by atoms with Crippen LogP contribution in [0.4, 0.5) is 32.8 Å². The molecule has 0 aliphatic carbocycles. The Morgan fingerprint density at radius 2 is 1.71 bits per heavy atom. The lowest BCUT2D eigenvalue weighted by atomic mass is 10.1. The van der Waals surface area contributed by atoms with Gasteiger partial charge < -0.3 is 5.32 Å². The Morgan fingerprint density at radius 3 is 2.37 bits per heavy atom. The predicted molar refractivity (Wildman–Crippen MR) is 131 cm³/mol. The third-order valence-electron chi connectivity index (χ3n) is 4.67. The molecule has 0 bridgehead atoms. The van der Waals surface area contributed by atoms with Crippen LogP contribution in [0.1, 0.15) is 10.4 Å². The molecular formula is C22H13ClF5N5O3S2. The van der Waals surface area contributed by atoms with Crippen LogP contribution in [0, 0.1) is 11.6 Å². The number of nitrogens with zero attached hydrogens (tertiary/aromatic N) is 3. The number of nitrogens with one attached hydrogen (secondary N) is 2. The first-order valence-electron chi connectivity index (χ1n) is 10.2. The second kappa shape index (κ2) is 10.6. The standard InChI is InChI=1S/C22H13ClF5N5O3S2/c23-20-29-8-7-15(31-20)18-17(32-21(37-18)33-38(35,36)10-22(26,27)28)11-3-1-4-12(9-11)30-19(34)16-13(24)5-2-6-14(16)25/h1-9H,10H2,(H,30,34)(H,32,33). The van der Waals surface area contributed by atoms with E-state index < -0.39 is 50.2 Å². The maximum Gasteiger partial charge on any atom is 0.404 e. The van der Waals surface area contributed by atoms with Gasteiger partial charge >= 0.3 is 6.18 Å². The predicted octanol–water partition coefficient (Wildman–Crippen LogP) is 5.76. The van der Waals surface area contributed by atoms with Crippen molar-refractivity contribution in [3.8, 4) is 21.8 Å². The van der Waals surface area contributed by atoms with Crippen LogP contribution in [0.3, 0.4) is 0 Å². The molecule has 0 aliphatic rings. The highest BCUT2D eigenvalue weighted by molar-refractivity contribution is 7.92. The van der Waals surface area contributed by atoms with Crippen LogP contribution < -0.4 is 10.0 Å². The molecule has 0 fully saturated rings. The van der Waals surface area contributed by atoms with Crippen molar-refractivity contribution >= 4 is 49.7 Å². The summed E-state index contributed by atoms with van der Waals surface area (Å²) in [4.78, 5) is 24.6. The fourth-order valence-electron chi connectivity index (χ4n) is 3.23. The molecule has 4 aromatic rings. The Hall–Kier alpha value is -3.69. The zero-order chi connectivity index (χ0) is 27.7. The van der Waals surface area contributed by atoms with Gasteiger partial charge in [-0.15, -0.1) is 0 Å². The molecule has 0 saturated heterocycles. The number of carbonyl (C=O) groups excluding carboxylic acids is 1. The summed E-state index contributed by atoms with van der Waals surface area (Å²) in [6.45, 7) is 0. The van der Waals surface area contributed by atoms with E-state index in [0.29, 0.717) is 11.3 Å². The van der Waals surface area contributed by atoms with E-state index in [1.54, 1.807) is 4.72 Å². The maximum atomic E-state index is 14.0. The molecule has 0 unspecified atom stereocenters. The quantitative estimate of drug-likeness (QED) is 0.209. The van der Waals surface area contributed by atoms with Gasteiger partial charge in [-0.2, -0.15) is 13.2 Å². The first kappa shape index (κ1) is 27.3. The van der Waals surface area contributed by atoms with Crippen molar-refractivity contribution in [3.63, 3.8) is 0 Å². The Kier molecular flexibility index (Phi) is 7.62. The molecule has 8 nitrogen and oxygen atoms in total. The van der Waals surface area contributed by atoms with Crippen LogP contribution in [0.15, 0.2) is 54.7 Å². The third kappa shape index (κ3) is 6.59. The molecule has 2 N–H and O–H groups in total. The number of amides is 1. The molecule has 1 amide bonds. The molecule has 4 rings (SSSR count). The summed E-state index contributed by atoms with van der Waals surface area (Å²) in [6.07, 6.45) is -3.68. The monoisotopic (exact) mass is 589 g/mol. The number of carbonyl (C=O) groups is 1. The Labute approximate surface area is 220 Å². The minimum atomic E-state index is -4.99. The highest BCUT2D eigenvalue weighted by Crippen LogP contribution is 2.39. The second-order valence-electron chi connectivity index (χ2n) is 7.52. The Balaban J connectivity index is 1.73. The summed E-state index contributed by atoms with van der Waals surface area (Å²) in [6, 6.07) is 10.1. The molecule has 2 heterocycles. The van der Waals surface area contributed by atoms with Gasteiger partial charge in [0.2, 0.25) is 15.3 Å². The third-order valence-corrected chi connectivity index (χ3v) is 7.18. The number of anilines is 2. The van der Waals surface area contributed by atoms with Crippen LogP contribution >= 0.6 is 22.9 Å². The van der Waals surface area contributed by atoms with Crippen molar-refractivity contribution in [2.45, 2.75) is 6.18 Å². The first-order chi connectivity index (χ1) is 17.8. The van der Waals surface area contributed by atoms with Crippen LogP contribution in [0.25, 0.3) is 21.8 Å². The highest BCUT2D eigenvalue weighted by Gasteiger charge is 2.36. The topological polar surface area (TPSA) is 114 Å². The number of thiazole rings is 1. The van der Waals surface area contributed by atoms with Gasteiger partial charge in [0.05, 0.1) is 16.3 Å². The molecule has 38 heavy (non-hydrogen) atoms. The normalized spacial score (nSPS) is 11.8. The van der Waals surface area contributed by atoms with Crippen molar-refractivity contribution < 1.29 is 35.2 Å². The second-order valence-corrected chi connectivity index (χ2v) is 10.6. The minimum absolute atomic E-state index is 0.0719. The van der Waals surface area contributed by atoms with E-state index in [4.69, 9.17) is 11.6 Å². The first-order valence-corrected chi connectivity index (χ1v) is 13.1. The van der Waals surface area contributed by atoms with Gasteiger partial charge in [-0.1, -0.05) is 29.5 Å². The van der Waals surface area contributed by atoms with E-state index in [9.17, 15) is 35.2 Å². The van der Waals surface area contributed by atoms with E-state index in [1.165, 1.54) is 36.5 Å². The SMILES string of the molecule is O=C(Nc1cccc(-c2nc(NS(=O)(=O)CC(F)(F)F)sc2-c2ccnc(Cl)n2)c1)c1c(F)cccc1F. The number of alkyl halides is 3. The summed E-state index contributed by atoms with van der Waals surface area (Å²) in [5.74, 6) is -5.34. The lowest BCUT2D eigenvalue weighted by molar-refractivity contribution is -0.106. The fraction of sp³-hybridized carbons (Fsp3) is 0.0909. The van der Waals surface area contributed by atoms with Gasteiger partial charge in [0.25, 0.3) is 5.91 Å². The van der Waals surface area contributed by atoms with E-state index >= 15 is 0 Å². The zero-order valence-corrected chi connectivity index (χ0v) is 20.9. The van der Waals surface area contributed by atoms with Crippen LogP contribution in [0.5, 0.6) is 0 Å². The average Bonchev–Trinajstić information content (AvgIpc) is 3.20. The highest BCUT2D eigenvalue weighted by atomic mass is 35.5. The molecule has 0 atom stereocenters. The zero-order valence-electron chi connectivity index (χ0n) is 18.6. The van der Waals surface area contributed by atoms with Crippen LogP contribution in [-0.4, -0.2) is 41.2 Å². The van der Waals surface area contributed by atoms with Crippen molar-refractivity contribution in [2.75, 3.05) is 15.8 Å². The lowest BCUT2D eigenvalue weighted by Crippen LogP contribution is -2.27. The van der Waals surface area contributed by atoms with Gasteiger partial charge in [-0.05, 0) is 41.9 Å². The number of aromatic nitrogens is 3. The van der Waals surface area contributed by atoms with Crippen LogP contribution in [-0.2, 0) is 10.0 Å². The largest absolute Gasteiger partial charge is 0.404 e. The summed E-state index contributed by atoms with van der Waals surface area (Å²) in [7, 11) is -4.85. The number of hydrogen-bond donors (Lipinski definition) is 2. The maximum absolute atomic E-state index is 14.0. The minimum Gasteiger partial charge on any atom is -0.322 e. The molecule has 198 valence electrons. The molecular weight excluding hydrogens is 577 g/mol. The molecule has 0 saturated carbocycles. The molecule has 0 spiro atoms. The van der Waals surface area contributed by atoms with E-state index in [0.717, 1.165) is 18.2 Å². The van der Waals surface area contributed by atoms with Crippen molar-refractivity contribution in [1.29, 1.82) is 0 Å². The van der Waals surface area contributed by atoms with Crippen molar-refractivity contribution in [1.82, 2.24) is 15.0 Å².